The van der Waals surface area contributed by atoms with Gasteiger partial charge < -0.3 is 10.5 Å². The van der Waals surface area contributed by atoms with Crippen molar-refractivity contribution in [3.63, 3.8) is 0 Å². The molecule has 0 spiro atoms. The Morgan fingerprint density at radius 3 is 2.75 bits per heavy atom. The molecule has 0 aromatic carbocycles. The van der Waals surface area contributed by atoms with Crippen LogP contribution in [0.5, 0.6) is 0 Å². The highest BCUT2D eigenvalue weighted by atomic mass is 16.5. The van der Waals surface area contributed by atoms with Gasteiger partial charge in [0.05, 0.1) is 0 Å². The summed E-state index contributed by atoms with van der Waals surface area (Å²) in [5, 5.41) is 0. The van der Waals surface area contributed by atoms with Crippen LogP contribution >= 0.6 is 0 Å². The van der Waals surface area contributed by atoms with E-state index in [1.165, 1.54) is 5.57 Å². The highest BCUT2D eigenvalue weighted by Gasteiger charge is 1.96. The molecule has 0 saturated carbocycles. The minimum atomic E-state index is 0.510. The van der Waals surface area contributed by atoms with Gasteiger partial charge in [0.2, 0.25) is 0 Å². The van der Waals surface area contributed by atoms with E-state index >= 15 is 0 Å². The van der Waals surface area contributed by atoms with Crippen LogP contribution in [-0.4, -0.2) is 6.61 Å². The average Bonchev–Trinajstić information content (AvgIpc) is 1.77. The van der Waals surface area contributed by atoms with Gasteiger partial charge in [-0.3, -0.25) is 0 Å². The highest BCUT2D eigenvalue weighted by Crippen LogP contribution is 2.03. The third kappa shape index (κ3) is 1.03. The van der Waals surface area contributed by atoms with E-state index in [-0.39, 0.29) is 0 Å². The first-order chi connectivity index (χ1) is 3.79. The minimum absolute atomic E-state index is 0.510. The molecule has 1 heterocycles. The zero-order valence-electron chi connectivity index (χ0n) is 4.85. The van der Waals surface area contributed by atoms with E-state index in [2.05, 4.69) is 0 Å². The van der Waals surface area contributed by atoms with Crippen LogP contribution in [0.15, 0.2) is 23.6 Å². The zero-order chi connectivity index (χ0) is 5.98. The Morgan fingerprint density at radius 1 is 1.62 bits per heavy atom. The van der Waals surface area contributed by atoms with Gasteiger partial charge in [0.15, 0.2) is 5.88 Å². The molecule has 0 unspecified atom stereocenters. The molecule has 0 atom stereocenters. The van der Waals surface area contributed by atoms with Gasteiger partial charge >= 0.3 is 0 Å². The first-order valence-corrected chi connectivity index (χ1v) is 2.55. The molecule has 2 N–H and O–H groups in total. The number of ether oxygens (including phenoxy) is 1. The number of hydrogen-bond acceptors (Lipinski definition) is 2. The molecule has 1 aliphatic heterocycles. The molecule has 0 radical (unpaired) electrons. The van der Waals surface area contributed by atoms with Crippen molar-refractivity contribution in [2.24, 2.45) is 5.73 Å². The predicted molar refractivity (Wildman–Crippen MR) is 32.0 cm³/mol. The Kier molecular flexibility index (Phi) is 1.24. The summed E-state index contributed by atoms with van der Waals surface area (Å²) in [5.74, 6) is 0.510. The SMILES string of the molecule is CC1=CC=C(N)OC1. The Hall–Kier alpha value is -0.920. The molecule has 8 heavy (non-hydrogen) atoms. The van der Waals surface area contributed by atoms with Crippen molar-refractivity contribution >= 4 is 0 Å². The predicted octanol–water partition coefficient (Wildman–Crippen LogP) is 0.763. The Bertz CT molecular complexity index is 129. The second-order valence-electron chi connectivity index (χ2n) is 1.87. The molecule has 1 aliphatic rings. The lowest BCUT2D eigenvalue weighted by Crippen LogP contribution is -2.07. The minimum Gasteiger partial charge on any atom is -0.475 e. The summed E-state index contributed by atoms with van der Waals surface area (Å²) in [6.45, 7) is 2.64. The van der Waals surface area contributed by atoms with E-state index in [1.807, 2.05) is 13.0 Å². The maximum atomic E-state index is 5.29. The molecule has 0 bridgehead atoms. The molecule has 2 nitrogen and oxygen atoms in total. The second kappa shape index (κ2) is 1.90. The number of allylic oxidation sites excluding steroid dienone is 2. The third-order valence-electron chi connectivity index (χ3n) is 0.999. The molecule has 0 amide bonds. The van der Waals surface area contributed by atoms with Crippen molar-refractivity contribution in [3.8, 4) is 0 Å². The fourth-order valence-electron chi connectivity index (χ4n) is 0.518. The van der Waals surface area contributed by atoms with Crippen LogP contribution in [0, 0.1) is 0 Å². The van der Waals surface area contributed by atoms with Crippen LogP contribution in [-0.2, 0) is 4.74 Å². The van der Waals surface area contributed by atoms with E-state index in [9.17, 15) is 0 Å². The van der Waals surface area contributed by atoms with Gasteiger partial charge in [0, 0.05) is 0 Å². The lowest BCUT2D eigenvalue weighted by molar-refractivity contribution is 0.232. The number of nitrogens with two attached hydrogens (primary N) is 1. The summed E-state index contributed by atoms with van der Waals surface area (Å²) >= 11 is 0. The second-order valence-corrected chi connectivity index (χ2v) is 1.87. The van der Waals surface area contributed by atoms with Crippen molar-refractivity contribution in [1.82, 2.24) is 0 Å². The van der Waals surface area contributed by atoms with Crippen LogP contribution in [0.3, 0.4) is 0 Å². The number of hydrogen-bond donors (Lipinski definition) is 1. The van der Waals surface area contributed by atoms with E-state index in [0.29, 0.717) is 12.5 Å². The molecule has 0 aromatic rings. The number of rotatable bonds is 0. The maximum absolute atomic E-state index is 5.29. The summed E-state index contributed by atoms with van der Waals surface area (Å²) in [4.78, 5) is 0. The standard InChI is InChI=1S/C6H9NO/c1-5-2-3-6(7)8-4-5/h2-3H,4,7H2,1H3. The average molecular weight is 111 g/mol. The smallest absolute Gasteiger partial charge is 0.184 e. The summed E-state index contributed by atoms with van der Waals surface area (Å²) < 4.78 is 4.96. The lowest BCUT2D eigenvalue weighted by atomic mass is 10.3. The first kappa shape index (κ1) is 5.22. The van der Waals surface area contributed by atoms with Crippen molar-refractivity contribution < 1.29 is 4.74 Å². The van der Waals surface area contributed by atoms with Crippen LogP contribution in [0.25, 0.3) is 0 Å². The van der Waals surface area contributed by atoms with Gasteiger partial charge in [-0.1, -0.05) is 6.08 Å². The van der Waals surface area contributed by atoms with Gasteiger partial charge in [0.1, 0.15) is 6.61 Å². The van der Waals surface area contributed by atoms with Gasteiger partial charge in [-0.15, -0.1) is 0 Å². The van der Waals surface area contributed by atoms with Gasteiger partial charge in [-0.2, -0.15) is 0 Å². The molecule has 0 aliphatic carbocycles. The van der Waals surface area contributed by atoms with Crippen molar-refractivity contribution in [2.75, 3.05) is 6.61 Å². The monoisotopic (exact) mass is 111 g/mol. The molecule has 0 aromatic heterocycles. The Labute approximate surface area is 48.6 Å². The molecule has 0 fully saturated rings. The summed E-state index contributed by atoms with van der Waals surface area (Å²) in [5.41, 5.74) is 6.50. The largest absolute Gasteiger partial charge is 0.475 e. The normalized spacial score (nSPS) is 18.6. The molecular formula is C6H9NO. The summed E-state index contributed by atoms with van der Waals surface area (Å²) in [6.07, 6.45) is 3.72. The van der Waals surface area contributed by atoms with Crippen molar-refractivity contribution in [2.45, 2.75) is 6.92 Å². The Balaban J connectivity index is 2.65. The summed E-state index contributed by atoms with van der Waals surface area (Å²) in [6, 6.07) is 0. The fourth-order valence-corrected chi connectivity index (χ4v) is 0.518. The quantitative estimate of drug-likeness (QED) is 0.501. The van der Waals surface area contributed by atoms with Gasteiger partial charge in [0.25, 0.3) is 0 Å². The van der Waals surface area contributed by atoms with E-state index in [4.69, 9.17) is 10.5 Å². The van der Waals surface area contributed by atoms with Crippen LogP contribution in [0.4, 0.5) is 0 Å². The van der Waals surface area contributed by atoms with Crippen LogP contribution in [0.1, 0.15) is 6.92 Å². The fraction of sp³-hybridized carbons (Fsp3) is 0.333. The Morgan fingerprint density at radius 2 is 2.38 bits per heavy atom. The van der Waals surface area contributed by atoms with Crippen LogP contribution < -0.4 is 5.73 Å². The van der Waals surface area contributed by atoms with Gasteiger partial charge in [-0.05, 0) is 18.6 Å². The third-order valence-corrected chi connectivity index (χ3v) is 0.999. The maximum Gasteiger partial charge on any atom is 0.184 e. The molecule has 0 saturated heterocycles. The highest BCUT2D eigenvalue weighted by molar-refractivity contribution is 5.16. The van der Waals surface area contributed by atoms with Gasteiger partial charge in [-0.25, -0.2) is 0 Å². The van der Waals surface area contributed by atoms with E-state index < -0.39 is 0 Å². The molecular weight excluding hydrogens is 102 g/mol. The summed E-state index contributed by atoms with van der Waals surface area (Å²) in [7, 11) is 0. The lowest BCUT2D eigenvalue weighted by Gasteiger charge is -2.08. The van der Waals surface area contributed by atoms with Crippen molar-refractivity contribution in [3.05, 3.63) is 23.6 Å². The molecule has 2 heteroatoms. The van der Waals surface area contributed by atoms with Crippen molar-refractivity contribution in [1.29, 1.82) is 0 Å². The van der Waals surface area contributed by atoms with Crippen LogP contribution in [0.2, 0.25) is 0 Å². The zero-order valence-corrected chi connectivity index (χ0v) is 4.85. The molecule has 44 valence electrons. The van der Waals surface area contributed by atoms with E-state index in [0.717, 1.165) is 0 Å². The van der Waals surface area contributed by atoms with E-state index in [1.54, 1.807) is 6.08 Å². The first-order valence-electron chi connectivity index (χ1n) is 2.55. The topological polar surface area (TPSA) is 35.2 Å². The molecule has 1 rings (SSSR count).